The van der Waals surface area contributed by atoms with Crippen LogP contribution in [0.3, 0.4) is 0 Å². The number of nitrogens with zero attached hydrogens (tertiary/aromatic N) is 2. The fourth-order valence-corrected chi connectivity index (χ4v) is 4.23. The number of aryl methyl sites for hydroxylation is 1. The van der Waals surface area contributed by atoms with Crippen molar-refractivity contribution in [3.63, 3.8) is 0 Å². The number of nitrogens with one attached hydrogen (secondary N) is 2. The molecule has 0 fully saturated rings. The lowest BCUT2D eigenvalue weighted by Gasteiger charge is -2.07. The molecule has 4 aromatic rings. The van der Waals surface area contributed by atoms with E-state index in [1.807, 2.05) is 0 Å². The number of halogens is 1. The summed E-state index contributed by atoms with van der Waals surface area (Å²) in [6.45, 7) is 1.94. The average Bonchev–Trinajstić information content (AvgIpc) is 3.22. The second-order valence-electron chi connectivity index (χ2n) is 6.94. The molecule has 8 nitrogen and oxygen atoms in total. The maximum Gasteiger partial charge on any atom is 0.336 e. The Balaban J connectivity index is 1.65. The predicted octanol–water partition coefficient (Wildman–Crippen LogP) is 2.15. The van der Waals surface area contributed by atoms with Crippen LogP contribution >= 0.6 is 22.9 Å². The second kappa shape index (κ2) is 8.37. The fourth-order valence-electron chi connectivity index (χ4n) is 3.10. The van der Waals surface area contributed by atoms with Crippen LogP contribution in [0.4, 0.5) is 0 Å². The fraction of sp³-hybridized carbons (Fsp3) is 0.143. The van der Waals surface area contributed by atoms with Gasteiger partial charge < -0.3 is 10.3 Å². The van der Waals surface area contributed by atoms with Gasteiger partial charge in [-0.2, -0.15) is 0 Å². The monoisotopic (exact) mass is 456 g/mol. The van der Waals surface area contributed by atoms with Gasteiger partial charge in [-0.3, -0.25) is 23.4 Å². The zero-order chi connectivity index (χ0) is 22.1. The summed E-state index contributed by atoms with van der Waals surface area (Å²) in [6, 6.07) is 9.88. The molecule has 0 bridgehead atoms. The minimum atomic E-state index is -0.517. The molecule has 4 rings (SSSR count). The number of H-pyrrole nitrogens is 1. The third kappa shape index (κ3) is 4.23. The van der Waals surface area contributed by atoms with Crippen molar-refractivity contribution in [2.45, 2.75) is 20.0 Å². The molecule has 0 saturated heterocycles. The van der Waals surface area contributed by atoms with E-state index in [-0.39, 0.29) is 24.6 Å². The molecule has 0 aliphatic rings. The van der Waals surface area contributed by atoms with Crippen LogP contribution in [-0.4, -0.2) is 19.9 Å². The summed E-state index contributed by atoms with van der Waals surface area (Å²) >= 11 is 6.98. The number of carbonyl (C=O) groups excluding carboxylic acids is 1. The minimum Gasteiger partial charge on any atom is -0.347 e. The molecule has 0 spiro atoms. The van der Waals surface area contributed by atoms with E-state index in [9.17, 15) is 19.2 Å². The Morgan fingerprint density at radius 3 is 2.48 bits per heavy atom. The molecule has 2 N–H and O–H groups in total. The highest BCUT2D eigenvalue weighted by atomic mass is 35.5. The van der Waals surface area contributed by atoms with E-state index < -0.39 is 11.2 Å². The first-order valence-electron chi connectivity index (χ1n) is 9.29. The average molecular weight is 457 g/mol. The van der Waals surface area contributed by atoms with Crippen molar-refractivity contribution < 1.29 is 4.79 Å². The molecular weight excluding hydrogens is 440 g/mol. The molecule has 1 aromatic carbocycles. The summed E-state index contributed by atoms with van der Waals surface area (Å²) < 4.78 is 2.46. The molecule has 0 atom stereocenters. The highest BCUT2D eigenvalue weighted by Gasteiger charge is 2.17. The minimum absolute atomic E-state index is 0.0994. The number of amides is 1. The van der Waals surface area contributed by atoms with E-state index in [0.717, 1.165) is 27.0 Å². The van der Waals surface area contributed by atoms with Crippen LogP contribution in [0.5, 0.6) is 0 Å². The summed E-state index contributed by atoms with van der Waals surface area (Å²) in [5.74, 6) is -0.379. The van der Waals surface area contributed by atoms with Gasteiger partial charge in [-0.05, 0) is 30.2 Å². The van der Waals surface area contributed by atoms with Crippen molar-refractivity contribution in [2.75, 3.05) is 0 Å². The second-order valence-corrected chi connectivity index (χ2v) is 8.41. The van der Waals surface area contributed by atoms with Crippen molar-refractivity contribution >= 4 is 33.7 Å². The zero-order valence-electron chi connectivity index (χ0n) is 16.3. The van der Waals surface area contributed by atoms with Gasteiger partial charge in [0.25, 0.3) is 11.5 Å². The molecule has 0 saturated carbocycles. The highest BCUT2D eigenvalue weighted by molar-refractivity contribution is 7.19. The number of fused-ring (bicyclic) bond motifs is 1. The van der Waals surface area contributed by atoms with Gasteiger partial charge in [-0.15, -0.1) is 11.3 Å². The van der Waals surface area contributed by atoms with Crippen molar-refractivity contribution in [1.29, 1.82) is 0 Å². The molecule has 1 amide bonds. The molecule has 0 unspecified atom stereocenters. The van der Waals surface area contributed by atoms with Crippen LogP contribution in [-0.2, 0) is 13.1 Å². The van der Waals surface area contributed by atoms with Crippen LogP contribution in [0.25, 0.3) is 4.83 Å². The van der Waals surface area contributed by atoms with Crippen LogP contribution in [0.1, 0.15) is 26.4 Å². The van der Waals surface area contributed by atoms with Crippen LogP contribution < -0.4 is 22.1 Å². The molecule has 0 aliphatic heterocycles. The van der Waals surface area contributed by atoms with E-state index >= 15 is 0 Å². The Morgan fingerprint density at radius 2 is 1.81 bits per heavy atom. The smallest absolute Gasteiger partial charge is 0.336 e. The number of hydrogen-bond acceptors (Lipinski definition) is 5. The Labute approximate surface area is 184 Å². The van der Waals surface area contributed by atoms with Gasteiger partial charge in [0.05, 0.1) is 6.54 Å². The topological polar surface area (TPSA) is 105 Å². The van der Waals surface area contributed by atoms with E-state index in [4.69, 9.17) is 11.6 Å². The third-order valence-electron chi connectivity index (χ3n) is 4.77. The normalized spacial score (nSPS) is 11.0. The summed E-state index contributed by atoms with van der Waals surface area (Å²) in [7, 11) is 0. The third-order valence-corrected chi connectivity index (χ3v) is 6.23. The standard InChI is InChI=1S/C21H17ClN4O4S/c1-12-19(29)25(10-13-2-5-15(22)6-3-13)21(30)26-11-16(31-20(12)26)18(28)24-9-14-4-7-17(27)23-8-14/h2-8,11H,9-10H2,1H3,(H,23,27)(H,24,28). The number of aromatic amines is 1. The summed E-state index contributed by atoms with van der Waals surface area (Å²) in [4.78, 5) is 52.7. The summed E-state index contributed by atoms with van der Waals surface area (Å²) in [5.41, 5.74) is 0.730. The van der Waals surface area contributed by atoms with Gasteiger partial charge in [-0.1, -0.05) is 29.8 Å². The largest absolute Gasteiger partial charge is 0.347 e. The van der Waals surface area contributed by atoms with E-state index in [1.54, 1.807) is 37.3 Å². The number of aromatic nitrogens is 3. The summed E-state index contributed by atoms with van der Waals surface area (Å²) in [5, 5.41) is 3.31. The Morgan fingerprint density at radius 1 is 1.10 bits per heavy atom. The molecule has 0 aliphatic carbocycles. The Hall–Kier alpha value is -3.43. The van der Waals surface area contributed by atoms with Crippen molar-refractivity contribution in [3.05, 3.63) is 107 Å². The maximum absolute atomic E-state index is 13.0. The first-order chi connectivity index (χ1) is 14.8. The lowest BCUT2D eigenvalue weighted by Crippen LogP contribution is -2.38. The molecule has 10 heteroatoms. The number of hydrogen-bond donors (Lipinski definition) is 2. The Kier molecular flexibility index (Phi) is 5.62. The number of rotatable bonds is 5. The molecular formula is C21H17ClN4O4S. The first kappa shape index (κ1) is 20.8. The van der Waals surface area contributed by atoms with E-state index in [1.165, 1.54) is 22.9 Å². The van der Waals surface area contributed by atoms with Crippen LogP contribution in [0.15, 0.2) is 63.2 Å². The van der Waals surface area contributed by atoms with E-state index in [0.29, 0.717) is 20.3 Å². The molecule has 158 valence electrons. The first-order valence-corrected chi connectivity index (χ1v) is 10.5. The van der Waals surface area contributed by atoms with Gasteiger partial charge in [-0.25, -0.2) is 4.79 Å². The van der Waals surface area contributed by atoms with Crippen molar-refractivity contribution in [2.24, 2.45) is 0 Å². The lowest BCUT2D eigenvalue weighted by atomic mass is 10.2. The van der Waals surface area contributed by atoms with Crippen LogP contribution in [0, 0.1) is 6.92 Å². The van der Waals surface area contributed by atoms with Gasteiger partial charge >= 0.3 is 5.69 Å². The van der Waals surface area contributed by atoms with Gasteiger partial charge in [0.2, 0.25) is 5.56 Å². The molecule has 31 heavy (non-hydrogen) atoms. The number of carbonyl (C=O) groups is 1. The number of benzene rings is 1. The predicted molar refractivity (Wildman–Crippen MR) is 119 cm³/mol. The quantitative estimate of drug-likeness (QED) is 0.480. The van der Waals surface area contributed by atoms with Crippen molar-refractivity contribution in [1.82, 2.24) is 19.3 Å². The molecule has 3 aromatic heterocycles. The molecule has 0 radical (unpaired) electrons. The Bertz CT molecular complexity index is 1440. The zero-order valence-corrected chi connectivity index (χ0v) is 17.9. The van der Waals surface area contributed by atoms with E-state index in [2.05, 4.69) is 10.3 Å². The summed E-state index contributed by atoms with van der Waals surface area (Å²) in [6.07, 6.45) is 2.96. The SMILES string of the molecule is Cc1c(=O)n(Cc2ccc(Cl)cc2)c(=O)n2cc(C(=O)NCc3ccc(=O)[nH]c3)sc12. The number of thiazole rings is 1. The van der Waals surface area contributed by atoms with Gasteiger partial charge in [0.1, 0.15) is 9.71 Å². The van der Waals surface area contributed by atoms with Gasteiger partial charge in [0, 0.05) is 35.6 Å². The van der Waals surface area contributed by atoms with Gasteiger partial charge in [0.15, 0.2) is 0 Å². The molecule has 3 heterocycles. The lowest BCUT2D eigenvalue weighted by molar-refractivity contribution is 0.0954. The maximum atomic E-state index is 13.0. The van der Waals surface area contributed by atoms with Crippen molar-refractivity contribution in [3.8, 4) is 0 Å². The highest BCUT2D eigenvalue weighted by Crippen LogP contribution is 2.18. The van der Waals surface area contributed by atoms with Crippen LogP contribution in [0.2, 0.25) is 5.02 Å². The number of pyridine rings is 1.